The Morgan fingerprint density at radius 3 is 2.63 bits per heavy atom. The summed E-state index contributed by atoms with van der Waals surface area (Å²) in [5, 5.41) is 12.1. The van der Waals surface area contributed by atoms with E-state index in [-0.39, 0.29) is 18.1 Å². The van der Waals surface area contributed by atoms with Crippen LogP contribution in [-0.2, 0) is 11.4 Å². The standard InChI is InChI=1S/C32H33ClFN5O3S/c1-4-6-18-43-32-37-31-35-20(3)28(30(40)36-26-12-7-8-13-27(26)41-5-2)29(39(31)38-32)21-14-16-22(17-15-21)42-19-23-24(33)10-9-11-25(23)34/h7-17,29H,4-6,18-19H2,1-3H3,(H,36,40)(H,35,37,38). The minimum absolute atomic E-state index is 0.0182. The lowest BCUT2D eigenvalue weighted by Crippen LogP contribution is -2.31. The van der Waals surface area contributed by atoms with Crippen molar-refractivity contribution in [3.8, 4) is 11.5 Å². The van der Waals surface area contributed by atoms with E-state index in [1.165, 1.54) is 6.07 Å². The SMILES string of the molecule is CCCCSc1nc2n(n1)C(c1ccc(OCc3c(F)cccc3Cl)cc1)C(C(=O)Nc1ccccc1OCC)=C(C)N2. The first-order valence-corrected chi connectivity index (χ1v) is 15.5. The summed E-state index contributed by atoms with van der Waals surface area (Å²) in [6.07, 6.45) is 2.13. The van der Waals surface area contributed by atoms with Crippen molar-refractivity contribution in [2.24, 2.45) is 0 Å². The fourth-order valence-corrected chi connectivity index (χ4v) is 5.85. The smallest absolute Gasteiger partial charge is 0.255 e. The molecule has 0 saturated heterocycles. The third kappa shape index (κ3) is 6.97. The number of aromatic nitrogens is 3. The molecule has 0 fully saturated rings. The number of rotatable bonds is 12. The second kappa shape index (κ2) is 14.0. The number of ether oxygens (including phenoxy) is 2. The highest BCUT2D eigenvalue weighted by Crippen LogP contribution is 2.38. The summed E-state index contributed by atoms with van der Waals surface area (Å²) in [7, 11) is 0. The number of fused-ring (bicyclic) bond motifs is 1. The first-order chi connectivity index (χ1) is 20.9. The second-order valence-corrected chi connectivity index (χ2v) is 11.3. The first-order valence-electron chi connectivity index (χ1n) is 14.2. The Morgan fingerprint density at radius 1 is 1.09 bits per heavy atom. The molecule has 8 nitrogen and oxygen atoms in total. The van der Waals surface area contributed by atoms with E-state index in [1.807, 2.05) is 44.2 Å². The molecule has 2 heterocycles. The van der Waals surface area contributed by atoms with Gasteiger partial charge in [0.25, 0.3) is 5.91 Å². The molecular formula is C32H33ClFN5O3S. The van der Waals surface area contributed by atoms with E-state index in [1.54, 1.807) is 46.8 Å². The molecular weight excluding hydrogens is 589 g/mol. The first kappa shape index (κ1) is 30.4. The van der Waals surface area contributed by atoms with Crippen molar-refractivity contribution in [3.05, 3.63) is 100.0 Å². The van der Waals surface area contributed by atoms with Gasteiger partial charge in [-0.2, -0.15) is 4.98 Å². The highest BCUT2D eigenvalue weighted by Gasteiger charge is 2.34. The number of carbonyl (C=O) groups excluding carboxylic acids is 1. The van der Waals surface area contributed by atoms with Gasteiger partial charge in [-0.05, 0) is 62.2 Å². The Bertz CT molecular complexity index is 1610. The molecule has 0 bridgehead atoms. The van der Waals surface area contributed by atoms with Crippen LogP contribution in [-0.4, -0.2) is 33.0 Å². The second-order valence-electron chi connectivity index (χ2n) is 9.87. The van der Waals surface area contributed by atoms with Crippen LogP contribution in [0.3, 0.4) is 0 Å². The number of benzene rings is 3. The largest absolute Gasteiger partial charge is 0.492 e. The normalized spacial score (nSPS) is 14.2. The van der Waals surface area contributed by atoms with Crippen molar-refractivity contribution in [1.82, 2.24) is 14.8 Å². The Morgan fingerprint density at radius 2 is 1.88 bits per heavy atom. The summed E-state index contributed by atoms with van der Waals surface area (Å²) in [6.45, 7) is 6.35. The van der Waals surface area contributed by atoms with Gasteiger partial charge in [0.05, 0.1) is 22.9 Å². The number of hydrogen-bond acceptors (Lipinski definition) is 7. The zero-order valence-electron chi connectivity index (χ0n) is 24.2. The molecule has 0 radical (unpaired) electrons. The maximum atomic E-state index is 14.2. The van der Waals surface area contributed by atoms with E-state index in [9.17, 15) is 9.18 Å². The molecule has 1 unspecified atom stereocenters. The van der Waals surface area contributed by atoms with E-state index in [0.29, 0.717) is 51.2 Å². The number of carbonyl (C=O) groups is 1. The fourth-order valence-electron chi connectivity index (χ4n) is 4.72. The molecule has 0 aliphatic carbocycles. The van der Waals surface area contributed by atoms with Gasteiger partial charge < -0.3 is 20.1 Å². The summed E-state index contributed by atoms with van der Waals surface area (Å²) in [6, 6.07) is 18.6. The lowest BCUT2D eigenvalue weighted by molar-refractivity contribution is -0.113. The summed E-state index contributed by atoms with van der Waals surface area (Å²) in [5.41, 5.74) is 2.81. The van der Waals surface area contributed by atoms with Crippen LogP contribution in [0.15, 0.2) is 83.2 Å². The van der Waals surface area contributed by atoms with Crippen molar-refractivity contribution in [2.75, 3.05) is 23.0 Å². The van der Waals surface area contributed by atoms with Crippen LogP contribution < -0.4 is 20.1 Å². The van der Waals surface area contributed by atoms with Crippen LogP contribution >= 0.6 is 23.4 Å². The molecule has 1 aliphatic heterocycles. The number of allylic oxidation sites excluding steroid dienone is 1. The highest BCUT2D eigenvalue weighted by atomic mass is 35.5. The van der Waals surface area contributed by atoms with Crippen molar-refractivity contribution in [2.45, 2.75) is 51.4 Å². The molecule has 0 saturated carbocycles. The Hall–Kier alpha value is -4.02. The summed E-state index contributed by atoms with van der Waals surface area (Å²) in [5.74, 6) is 1.86. The lowest BCUT2D eigenvalue weighted by atomic mass is 9.95. The molecule has 3 aromatic carbocycles. The van der Waals surface area contributed by atoms with E-state index in [4.69, 9.17) is 31.2 Å². The average molecular weight is 622 g/mol. The predicted molar refractivity (Wildman–Crippen MR) is 169 cm³/mol. The maximum absolute atomic E-state index is 14.2. The van der Waals surface area contributed by atoms with Crippen LogP contribution in [0.2, 0.25) is 5.02 Å². The molecule has 1 atom stereocenters. The van der Waals surface area contributed by atoms with Crippen LogP contribution in [0.4, 0.5) is 16.0 Å². The van der Waals surface area contributed by atoms with E-state index in [0.717, 1.165) is 24.2 Å². The van der Waals surface area contributed by atoms with Gasteiger partial charge in [0.15, 0.2) is 0 Å². The third-order valence-electron chi connectivity index (χ3n) is 6.88. The van der Waals surface area contributed by atoms with Gasteiger partial charge in [0, 0.05) is 17.0 Å². The number of nitrogens with zero attached hydrogens (tertiary/aromatic N) is 3. The molecule has 1 amide bonds. The topological polar surface area (TPSA) is 90.3 Å². The van der Waals surface area contributed by atoms with Gasteiger partial charge >= 0.3 is 0 Å². The minimum Gasteiger partial charge on any atom is -0.492 e. The predicted octanol–water partition coefficient (Wildman–Crippen LogP) is 7.87. The molecule has 1 aliphatic rings. The van der Waals surface area contributed by atoms with E-state index < -0.39 is 11.9 Å². The Kier molecular flexibility index (Phi) is 9.89. The van der Waals surface area contributed by atoms with Gasteiger partial charge in [-0.25, -0.2) is 9.07 Å². The van der Waals surface area contributed by atoms with Crippen LogP contribution in [0.25, 0.3) is 0 Å². The van der Waals surface area contributed by atoms with Gasteiger partial charge in [-0.3, -0.25) is 4.79 Å². The number of amides is 1. The summed E-state index contributed by atoms with van der Waals surface area (Å²) < 4.78 is 27.6. The third-order valence-corrected chi connectivity index (χ3v) is 8.16. The van der Waals surface area contributed by atoms with Gasteiger partial charge in [0.2, 0.25) is 11.1 Å². The van der Waals surface area contributed by atoms with Crippen LogP contribution in [0.5, 0.6) is 11.5 Å². The molecule has 0 spiro atoms. The number of anilines is 2. The number of thioether (sulfide) groups is 1. The van der Waals surface area contributed by atoms with Crippen molar-refractivity contribution in [1.29, 1.82) is 0 Å². The number of nitrogens with one attached hydrogen (secondary N) is 2. The highest BCUT2D eigenvalue weighted by molar-refractivity contribution is 7.99. The monoisotopic (exact) mass is 621 g/mol. The number of para-hydroxylation sites is 2. The van der Waals surface area contributed by atoms with Crippen LogP contribution in [0, 0.1) is 5.82 Å². The van der Waals surface area contributed by atoms with Crippen molar-refractivity contribution in [3.63, 3.8) is 0 Å². The fraction of sp³-hybridized carbons (Fsp3) is 0.281. The summed E-state index contributed by atoms with van der Waals surface area (Å²) in [4.78, 5) is 18.6. The number of halogens is 2. The lowest BCUT2D eigenvalue weighted by Gasteiger charge is -2.29. The van der Waals surface area contributed by atoms with Crippen molar-refractivity contribution < 1.29 is 18.7 Å². The Balaban J connectivity index is 1.46. The molecule has 4 aromatic rings. The molecule has 1 aromatic heterocycles. The van der Waals surface area contributed by atoms with Crippen LogP contribution in [0.1, 0.15) is 50.8 Å². The van der Waals surface area contributed by atoms with Gasteiger partial charge in [-0.15, -0.1) is 5.10 Å². The Labute approximate surface area is 259 Å². The molecule has 11 heteroatoms. The molecule has 224 valence electrons. The van der Waals surface area contributed by atoms with E-state index >= 15 is 0 Å². The molecule has 5 rings (SSSR count). The minimum atomic E-state index is -0.571. The quantitative estimate of drug-likeness (QED) is 0.123. The molecule has 43 heavy (non-hydrogen) atoms. The van der Waals surface area contributed by atoms with E-state index in [2.05, 4.69) is 17.6 Å². The number of hydrogen-bond donors (Lipinski definition) is 2. The van der Waals surface area contributed by atoms with Crippen molar-refractivity contribution >= 4 is 40.9 Å². The number of unbranched alkanes of at least 4 members (excludes halogenated alkanes) is 1. The zero-order chi connectivity index (χ0) is 30.3. The summed E-state index contributed by atoms with van der Waals surface area (Å²) >= 11 is 7.75. The molecule has 2 N–H and O–H groups in total. The van der Waals surface area contributed by atoms with Gasteiger partial charge in [0.1, 0.15) is 30.0 Å². The zero-order valence-corrected chi connectivity index (χ0v) is 25.8. The maximum Gasteiger partial charge on any atom is 0.255 e. The average Bonchev–Trinajstić information content (AvgIpc) is 3.40. The van der Waals surface area contributed by atoms with Gasteiger partial charge in [-0.1, -0.05) is 67.0 Å².